The predicted octanol–water partition coefficient (Wildman–Crippen LogP) is 2.24. The molecule has 0 bridgehead atoms. The largest absolute Gasteiger partial charge is 0.330 e. The summed E-state index contributed by atoms with van der Waals surface area (Å²) >= 11 is 1.51. The van der Waals surface area contributed by atoms with Gasteiger partial charge >= 0.3 is 0 Å². The number of aromatic nitrogens is 1. The fourth-order valence-corrected chi connectivity index (χ4v) is 3.43. The number of thiazole rings is 1. The molecule has 2 aromatic rings. The van der Waals surface area contributed by atoms with Crippen LogP contribution in [0.5, 0.6) is 0 Å². The molecule has 1 aliphatic heterocycles. The Hall–Kier alpha value is -1.72. The van der Waals surface area contributed by atoms with Crippen molar-refractivity contribution in [1.82, 2.24) is 4.98 Å². The maximum atomic E-state index is 12.7. The molecule has 3 rings (SSSR count). The maximum Gasteiger partial charge on any atom is 0.278 e. The van der Waals surface area contributed by atoms with E-state index in [0.29, 0.717) is 12.2 Å². The SMILES string of the molecule is CC1Cc2ccccc2N1C(=O)c1csc(CCN)n1. The van der Waals surface area contributed by atoms with Crippen molar-refractivity contribution in [1.29, 1.82) is 0 Å². The van der Waals surface area contributed by atoms with Crippen LogP contribution in [-0.4, -0.2) is 23.5 Å². The molecule has 0 aliphatic carbocycles. The zero-order chi connectivity index (χ0) is 14.1. The van der Waals surface area contributed by atoms with Crippen molar-refractivity contribution in [2.75, 3.05) is 11.4 Å². The smallest absolute Gasteiger partial charge is 0.278 e. The molecule has 0 saturated heterocycles. The first-order valence-corrected chi connectivity index (χ1v) is 7.64. The second-order valence-electron chi connectivity index (χ2n) is 5.02. The van der Waals surface area contributed by atoms with Crippen molar-refractivity contribution >= 4 is 22.9 Å². The Morgan fingerprint density at radius 2 is 2.30 bits per heavy atom. The van der Waals surface area contributed by atoms with Crippen LogP contribution in [0.25, 0.3) is 0 Å². The van der Waals surface area contributed by atoms with E-state index in [2.05, 4.69) is 18.0 Å². The number of nitrogens with two attached hydrogens (primary N) is 1. The Kier molecular flexibility index (Phi) is 3.54. The molecule has 1 atom stereocenters. The molecule has 0 spiro atoms. The van der Waals surface area contributed by atoms with Crippen LogP contribution >= 0.6 is 11.3 Å². The quantitative estimate of drug-likeness (QED) is 0.942. The van der Waals surface area contributed by atoms with Gasteiger partial charge in [-0.1, -0.05) is 18.2 Å². The molecular formula is C15H17N3OS. The van der Waals surface area contributed by atoms with Crippen molar-refractivity contribution in [3.05, 3.63) is 45.9 Å². The van der Waals surface area contributed by atoms with Gasteiger partial charge in [0.15, 0.2) is 0 Å². The molecule has 2 N–H and O–H groups in total. The second-order valence-corrected chi connectivity index (χ2v) is 5.96. The molecule has 5 heteroatoms. The number of carbonyl (C=O) groups excluding carboxylic acids is 1. The van der Waals surface area contributed by atoms with E-state index in [1.807, 2.05) is 28.5 Å². The third-order valence-corrected chi connectivity index (χ3v) is 4.46. The first kappa shape index (κ1) is 13.3. The van der Waals surface area contributed by atoms with E-state index in [9.17, 15) is 4.79 Å². The molecule has 104 valence electrons. The Labute approximate surface area is 122 Å². The van der Waals surface area contributed by atoms with Gasteiger partial charge < -0.3 is 10.6 Å². The monoisotopic (exact) mass is 287 g/mol. The number of anilines is 1. The van der Waals surface area contributed by atoms with Crippen LogP contribution in [0.1, 0.15) is 28.0 Å². The van der Waals surface area contributed by atoms with Crippen LogP contribution < -0.4 is 10.6 Å². The number of fused-ring (bicyclic) bond motifs is 1. The van der Waals surface area contributed by atoms with Crippen LogP contribution in [0.4, 0.5) is 5.69 Å². The zero-order valence-electron chi connectivity index (χ0n) is 11.4. The molecule has 1 unspecified atom stereocenters. The summed E-state index contributed by atoms with van der Waals surface area (Å²) in [6.07, 6.45) is 1.63. The molecule has 4 nitrogen and oxygen atoms in total. The standard InChI is InChI=1S/C15H17N3OS/c1-10-8-11-4-2-3-5-13(11)18(10)15(19)12-9-20-14(17-12)6-7-16/h2-5,9-10H,6-8,16H2,1H3. The van der Waals surface area contributed by atoms with Crippen molar-refractivity contribution in [2.24, 2.45) is 5.73 Å². The van der Waals surface area contributed by atoms with Crippen LogP contribution in [0.3, 0.4) is 0 Å². The Balaban J connectivity index is 1.90. The molecule has 1 amide bonds. The van der Waals surface area contributed by atoms with Gasteiger partial charge in [0.05, 0.1) is 5.01 Å². The molecule has 0 radical (unpaired) electrons. The summed E-state index contributed by atoms with van der Waals surface area (Å²) in [5.41, 5.74) is 8.29. The number of nitrogens with zero attached hydrogens (tertiary/aromatic N) is 2. The van der Waals surface area contributed by atoms with E-state index in [0.717, 1.165) is 23.5 Å². The number of amides is 1. The first-order valence-electron chi connectivity index (χ1n) is 6.76. The molecule has 0 saturated carbocycles. The number of hydrogen-bond donors (Lipinski definition) is 1. The highest BCUT2D eigenvalue weighted by atomic mass is 32.1. The summed E-state index contributed by atoms with van der Waals surface area (Å²) in [7, 11) is 0. The van der Waals surface area contributed by atoms with Crippen molar-refractivity contribution in [3.63, 3.8) is 0 Å². The van der Waals surface area contributed by atoms with Gasteiger partial charge in [0.25, 0.3) is 5.91 Å². The lowest BCUT2D eigenvalue weighted by molar-refractivity contribution is 0.0977. The molecule has 20 heavy (non-hydrogen) atoms. The third kappa shape index (κ3) is 2.23. The van der Waals surface area contributed by atoms with Crippen molar-refractivity contribution < 1.29 is 4.79 Å². The highest BCUT2D eigenvalue weighted by Gasteiger charge is 2.32. The fourth-order valence-electron chi connectivity index (χ4n) is 2.65. The van der Waals surface area contributed by atoms with E-state index in [4.69, 9.17) is 5.73 Å². The minimum atomic E-state index is -0.0121. The predicted molar refractivity (Wildman–Crippen MR) is 81.3 cm³/mol. The summed E-state index contributed by atoms with van der Waals surface area (Å²) in [5.74, 6) is -0.0121. The Bertz CT molecular complexity index is 638. The van der Waals surface area contributed by atoms with Crippen LogP contribution in [-0.2, 0) is 12.8 Å². The zero-order valence-corrected chi connectivity index (χ0v) is 12.2. The Morgan fingerprint density at radius 1 is 1.50 bits per heavy atom. The average molecular weight is 287 g/mol. The molecule has 2 heterocycles. The number of carbonyl (C=O) groups is 1. The van der Waals surface area contributed by atoms with E-state index in [1.54, 1.807) is 0 Å². The lowest BCUT2D eigenvalue weighted by atomic mass is 10.1. The van der Waals surface area contributed by atoms with Crippen LogP contribution in [0, 0.1) is 0 Å². The summed E-state index contributed by atoms with van der Waals surface area (Å²) in [6, 6.07) is 8.25. The van der Waals surface area contributed by atoms with Gasteiger partial charge in [-0.2, -0.15) is 0 Å². The highest BCUT2D eigenvalue weighted by molar-refractivity contribution is 7.09. The lowest BCUT2D eigenvalue weighted by Crippen LogP contribution is -2.35. The van der Waals surface area contributed by atoms with Gasteiger partial charge in [0.2, 0.25) is 0 Å². The van der Waals surface area contributed by atoms with Crippen LogP contribution in [0.15, 0.2) is 29.6 Å². The van der Waals surface area contributed by atoms with Gasteiger partial charge in [-0.05, 0) is 31.5 Å². The minimum Gasteiger partial charge on any atom is -0.330 e. The number of rotatable bonds is 3. The van der Waals surface area contributed by atoms with Gasteiger partial charge in [-0.3, -0.25) is 4.79 Å². The first-order chi connectivity index (χ1) is 9.70. The van der Waals surface area contributed by atoms with E-state index >= 15 is 0 Å². The van der Waals surface area contributed by atoms with Gasteiger partial charge in [-0.25, -0.2) is 4.98 Å². The summed E-state index contributed by atoms with van der Waals surface area (Å²) in [5, 5.41) is 2.76. The highest BCUT2D eigenvalue weighted by Crippen LogP contribution is 2.33. The topological polar surface area (TPSA) is 59.2 Å². The lowest BCUT2D eigenvalue weighted by Gasteiger charge is -2.21. The number of hydrogen-bond acceptors (Lipinski definition) is 4. The fraction of sp³-hybridized carbons (Fsp3) is 0.333. The van der Waals surface area contributed by atoms with E-state index < -0.39 is 0 Å². The van der Waals surface area contributed by atoms with E-state index in [-0.39, 0.29) is 11.9 Å². The average Bonchev–Trinajstić information content (AvgIpc) is 3.02. The Morgan fingerprint density at radius 3 is 3.10 bits per heavy atom. The van der Waals surface area contributed by atoms with Crippen molar-refractivity contribution in [3.8, 4) is 0 Å². The normalized spacial score (nSPS) is 17.3. The maximum absolute atomic E-state index is 12.7. The molecule has 1 aliphatic rings. The van der Waals surface area contributed by atoms with Crippen molar-refractivity contribution in [2.45, 2.75) is 25.8 Å². The number of para-hydroxylation sites is 1. The second kappa shape index (κ2) is 5.34. The van der Waals surface area contributed by atoms with Gasteiger partial charge in [-0.15, -0.1) is 11.3 Å². The molecule has 1 aromatic heterocycles. The minimum absolute atomic E-state index is 0.0121. The summed E-state index contributed by atoms with van der Waals surface area (Å²) in [4.78, 5) is 18.9. The number of benzene rings is 1. The summed E-state index contributed by atoms with van der Waals surface area (Å²) in [6.45, 7) is 2.63. The molecular weight excluding hydrogens is 270 g/mol. The van der Waals surface area contributed by atoms with Gasteiger partial charge in [0, 0.05) is 23.5 Å². The van der Waals surface area contributed by atoms with Gasteiger partial charge in [0.1, 0.15) is 5.69 Å². The molecule has 1 aromatic carbocycles. The van der Waals surface area contributed by atoms with E-state index in [1.165, 1.54) is 16.9 Å². The molecule has 0 fully saturated rings. The third-order valence-electron chi connectivity index (χ3n) is 3.56. The summed E-state index contributed by atoms with van der Waals surface area (Å²) < 4.78 is 0. The van der Waals surface area contributed by atoms with Crippen LogP contribution in [0.2, 0.25) is 0 Å².